The van der Waals surface area contributed by atoms with Gasteiger partial charge in [-0.3, -0.25) is 10.1 Å². The van der Waals surface area contributed by atoms with Crippen LogP contribution in [0.3, 0.4) is 0 Å². The maximum Gasteiger partial charge on any atom is 0.269 e. The summed E-state index contributed by atoms with van der Waals surface area (Å²) in [5.41, 5.74) is 0.317. The minimum absolute atomic E-state index is 0.187. The largest absolute Gasteiger partial charge is 0.269 e. The van der Waals surface area contributed by atoms with Gasteiger partial charge in [-0.1, -0.05) is 94.2 Å². The van der Waals surface area contributed by atoms with Gasteiger partial charge in [0.2, 0.25) is 0 Å². The molecule has 0 aliphatic heterocycles. The van der Waals surface area contributed by atoms with E-state index in [1.807, 2.05) is 12.1 Å². The molecule has 0 spiro atoms. The van der Waals surface area contributed by atoms with Crippen LogP contribution in [0.5, 0.6) is 0 Å². The fourth-order valence-corrected chi connectivity index (χ4v) is 11.5. The molecule has 0 N–H and O–H groups in total. The molecule has 0 bridgehead atoms. The van der Waals surface area contributed by atoms with Crippen LogP contribution in [0.15, 0.2) is 18.2 Å². The van der Waals surface area contributed by atoms with Crippen LogP contribution in [-0.2, 0) is 0 Å². The predicted octanol–water partition coefficient (Wildman–Crippen LogP) is 5.03. The van der Waals surface area contributed by atoms with Gasteiger partial charge in [0, 0.05) is 12.1 Å². The van der Waals surface area contributed by atoms with Crippen molar-refractivity contribution < 1.29 is 4.92 Å². The maximum absolute atomic E-state index is 11.5. The molecular formula is C18H33NO2Si2. The van der Waals surface area contributed by atoms with E-state index in [1.54, 1.807) is 0 Å². The molecule has 0 amide bonds. The average Bonchev–Trinajstić information content (AvgIpc) is 2.59. The Bertz CT molecular complexity index is 483. The van der Waals surface area contributed by atoms with Gasteiger partial charge in [0.15, 0.2) is 0 Å². The Morgan fingerprint density at radius 2 is 1.04 bits per heavy atom. The third-order valence-electron chi connectivity index (χ3n) is 6.41. The van der Waals surface area contributed by atoms with Crippen LogP contribution in [0.2, 0.25) is 36.3 Å². The van der Waals surface area contributed by atoms with Crippen molar-refractivity contribution >= 4 is 32.2 Å². The van der Waals surface area contributed by atoms with Gasteiger partial charge in [-0.2, -0.15) is 0 Å². The van der Waals surface area contributed by atoms with E-state index >= 15 is 0 Å². The highest BCUT2D eigenvalue weighted by atomic mass is 28.3. The second-order valence-corrected chi connectivity index (χ2v) is 17.2. The van der Waals surface area contributed by atoms with E-state index in [1.165, 1.54) is 46.6 Å². The molecule has 0 aliphatic rings. The van der Waals surface area contributed by atoms with Gasteiger partial charge in [-0.15, -0.1) is 0 Å². The first-order chi connectivity index (χ1) is 10.9. The van der Waals surface area contributed by atoms with Crippen LogP contribution in [-0.4, -0.2) is 21.1 Å². The van der Waals surface area contributed by atoms with E-state index in [0.717, 1.165) is 0 Å². The quantitative estimate of drug-likeness (QED) is 0.356. The Morgan fingerprint density at radius 1 is 0.739 bits per heavy atom. The van der Waals surface area contributed by atoms with Crippen molar-refractivity contribution in [1.82, 2.24) is 0 Å². The molecule has 5 heteroatoms. The van der Waals surface area contributed by atoms with Crippen LogP contribution < -0.4 is 10.4 Å². The van der Waals surface area contributed by atoms with Crippen molar-refractivity contribution in [2.75, 3.05) is 0 Å². The first kappa shape index (κ1) is 20.1. The zero-order valence-electron chi connectivity index (χ0n) is 15.7. The Balaban J connectivity index is 3.65. The summed E-state index contributed by atoms with van der Waals surface area (Å²) in [5.74, 6) is 0. The van der Waals surface area contributed by atoms with Gasteiger partial charge in [-0.25, -0.2) is 0 Å². The number of hydrogen-bond acceptors (Lipinski definition) is 2. The van der Waals surface area contributed by atoms with Crippen molar-refractivity contribution in [2.24, 2.45) is 0 Å². The summed E-state index contributed by atoms with van der Waals surface area (Å²) in [6, 6.07) is 13.2. The molecule has 0 aliphatic carbocycles. The molecule has 0 saturated heterocycles. The van der Waals surface area contributed by atoms with Gasteiger partial charge < -0.3 is 0 Å². The third-order valence-corrected chi connectivity index (χ3v) is 17.6. The second kappa shape index (κ2) is 8.24. The number of nitro groups is 1. The highest BCUT2D eigenvalue weighted by molar-refractivity contribution is 6.94. The Labute approximate surface area is 143 Å². The van der Waals surface area contributed by atoms with Gasteiger partial charge >= 0.3 is 0 Å². The summed E-state index contributed by atoms with van der Waals surface area (Å²) in [6.07, 6.45) is 0. The summed E-state index contributed by atoms with van der Waals surface area (Å²) in [7, 11) is -3.20. The normalized spacial score (nSPS) is 12.4. The molecule has 1 aromatic carbocycles. The van der Waals surface area contributed by atoms with E-state index in [-0.39, 0.29) is 4.92 Å². The van der Waals surface area contributed by atoms with E-state index in [0.29, 0.717) is 5.69 Å². The van der Waals surface area contributed by atoms with Crippen molar-refractivity contribution in [3.8, 4) is 0 Å². The van der Waals surface area contributed by atoms with Gasteiger partial charge in [0.1, 0.15) is 0 Å². The number of nitro benzene ring substituents is 1. The lowest BCUT2D eigenvalue weighted by Crippen LogP contribution is -2.52. The summed E-state index contributed by atoms with van der Waals surface area (Å²) < 4.78 is 0. The van der Waals surface area contributed by atoms with E-state index in [4.69, 9.17) is 0 Å². The first-order valence-corrected chi connectivity index (χ1v) is 14.4. The third kappa shape index (κ3) is 3.77. The molecule has 3 nitrogen and oxygen atoms in total. The Hall–Kier alpha value is -0.946. The zero-order chi connectivity index (χ0) is 17.7. The maximum atomic E-state index is 11.5. The smallest absolute Gasteiger partial charge is 0.258 e. The average molecular weight is 352 g/mol. The number of nitrogens with zero attached hydrogens (tertiary/aromatic N) is 1. The van der Waals surface area contributed by atoms with Crippen LogP contribution in [0.25, 0.3) is 0 Å². The molecule has 1 aromatic rings. The molecule has 0 atom stereocenters. The molecule has 23 heavy (non-hydrogen) atoms. The van der Waals surface area contributed by atoms with Crippen LogP contribution in [0.1, 0.15) is 41.5 Å². The molecule has 0 aromatic heterocycles. The molecule has 0 radical (unpaired) electrons. The minimum Gasteiger partial charge on any atom is -0.258 e. The summed E-state index contributed by atoms with van der Waals surface area (Å²) in [6.45, 7) is 13.6. The lowest BCUT2D eigenvalue weighted by atomic mass is 10.3. The van der Waals surface area contributed by atoms with Gasteiger partial charge in [0.25, 0.3) is 5.69 Å². The number of rotatable bonds is 9. The standard InChI is InChI=1S/C18H33NO2Si2/c1-7-22(8-2,9-3)17-13-16(19(20)21)14-18(15-17)23(10-4,11-5)12-6/h13-15H,7-12H2,1-6H3. The summed E-state index contributed by atoms with van der Waals surface area (Å²) >= 11 is 0. The Morgan fingerprint density at radius 3 is 1.26 bits per heavy atom. The van der Waals surface area contributed by atoms with Crippen LogP contribution in [0, 0.1) is 10.1 Å². The summed E-state index contributed by atoms with van der Waals surface area (Å²) in [5, 5.41) is 14.2. The fraction of sp³-hybridized carbons (Fsp3) is 0.667. The zero-order valence-corrected chi connectivity index (χ0v) is 17.7. The molecule has 0 heterocycles. The summed E-state index contributed by atoms with van der Waals surface area (Å²) in [4.78, 5) is 11.3. The number of hydrogen-bond donors (Lipinski definition) is 0. The minimum atomic E-state index is -1.60. The fourth-order valence-electron chi connectivity index (χ4n) is 4.05. The van der Waals surface area contributed by atoms with Crippen LogP contribution in [0.4, 0.5) is 5.69 Å². The molecular weight excluding hydrogens is 318 g/mol. The first-order valence-electron chi connectivity index (χ1n) is 9.18. The monoisotopic (exact) mass is 351 g/mol. The molecule has 130 valence electrons. The molecule has 1 rings (SSSR count). The second-order valence-electron chi connectivity index (χ2n) is 6.71. The highest BCUT2D eigenvalue weighted by Crippen LogP contribution is 2.25. The lowest BCUT2D eigenvalue weighted by Gasteiger charge is -2.33. The van der Waals surface area contributed by atoms with E-state index < -0.39 is 16.1 Å². The van der Waals surface area contributed by atoms with E-state index in [9.17, 15) is 10.1 Å². The van der Waals surface area contributed by atoms with Crippen molar-refractivity contribution in [2.45, 2.75) is 77.8 Å². The van der Waals surface area contributed by atoms with Crippen molar-refractivity contribution in [1.29, 1.82) is 0 Å². The topological polar surface area (TPSA) is 43.1 Å². The lowest BCUT2D eigenvalue weighted by molar-refractivity contribution is -0.384. The highest BCUT2D eigenvalue weighted by Gasteiger charge is 2.35. The van der Waals surface area contributed by atoms with Gasteiger partial charge in [-0.05, 0) is 0 Å². The molecule has 0 fully saturated rings. The van der Waals surface area contributed by atoms with Crippen molar-refractivity contribution in [3.05, 3.63) is 28.3 Å². The Kier molecular flexibility index (Phi) is 7.20. The molecule has 0 unspecified atom stereocenters. The van der Waals surface area contributed by atoms with E-state index in [2.05, 4.69) is 47.6 Å². The van der Waals surface area contributed by atoms with Gasteiger partial charge in [0.05, 0.1) is 21.1 Å². The van der Waals surface area contributed by atoms with Crippen LogP contribution >= 0.6 is 0 Å². The number of non-ortho nitro benzene ring substituents is 1. The van der Waals surface area contributed by atoms with Crippen molar-refractivity contribution in [3.63, 3.8) is 0 Å². The predicted molar refractivity (Wildman–Crippen MR) is 107 cm³/mol. The number of benzene rings is 1. The SMILES string of the molecule is CC[Si](CC)(CC)c1cc([N+](=O)[O-])cc([Si](CC)(CC)CC)c1. The molecule has 0 saturated carbocycles.